The third-order valence-corrected chi connectivity index (χ3v) is 4.30. The number of rotatable bonds is 4. The summed E-state index contributed by atoms with van der Waals surface area (Å²) in [5.74, 6) is -0.419. The zero-order valence-electron chi connectivity index (χ0n) is 15.4. The molecule has 0 unspecified atom stereocenters. The quantitative estimate of drug-likeness (QED) is 0.426. The number of carbonyl (C=O) groups is 1. The molecule has 0 radical (unpaired) electrons. The first kappa shape index (κ1) is 20.5. The van der Waals surface area contributed by atoms with Crippen molar-refractivity contribution in [3.8, 4) is 22.8 Å². The first-order valence-corrected chi connectivity index (χ1v) is 9.10. The molecule has 0 bridgehead atoms. The Morgan fingerprint density at radius 2 is 1.77 bits per heavy atom. The fourth-order valence-corrected chi connectivity index (χ4v) is 2.85. The van der Waals surface area contributed by atoms with E-state index in [1.54, 1.807) is 24.3 Å². The molecule has 0 fully saturated rings. The maximum absolute atomic E-state index is 13.6. The molecule has 0 aliphatic rings. The molecule has 11 heteroatoms. The van der Waals surface area contributed by atoms with Crippen LogP contribution in [-0.2, 0) is 6.18 Å². The van der Waals surface area contributed by atoms with Crippen LogP contribution in [0.5, 0.6) is 5.75 Å². The number of alkyl halides is 3. The number of hydrogen-bond donors (Lipinski definition) is 1. The Kier molecular flexibility index (Phi) is 5.38. The van der Waals surface area contributed by atoms with E-state index in [0.717, 1.165) is 6.20 Å². The zero-order chi connectivity index (χ0) is 22.0. The van der Waals surface area contributed by atoms with Crippen molar-refractivity contribution < 1.29 is 27.1 Å². The Morgan fingerprint density at radius 1 is 1.06 bits per heavy atom. The van der Waals surface area contributed by atoms with E-state index in [1.807, 2.05) is 6.07 Å². The highest BCUT2D eigenvalue weighted by Gasteiger charge is 2.40. The van der Waals surface area contributed by atoms with E-state index in [-0.39, 0.29) is 11.7 Å². The van der Waals surface area contributed by atoms with Crippen LogP contribution in [0, 0.1) is 0 Å². The van der Waals surface area contributed by atoms with Gasteiger partial charge in [-0.1, -0.05) is 41.9 Å². The summed E-state index contributed by atoms with van der Waals surface area (Å²) < 4.78 is 51.8. The van der Waals surface area contributed by atoms with Gasteiger partial charge in [-0.3, -0.25) is 0 Å². The van der Waals surface area contributed by atoms with E-state index < -0.39 is 23.7 Å². The van der Waals surface area contributed by atoms with Gasteiger partial charge in [0.1, 0.15) is 0 Å². The van der Waals surface area contributed by atoms with Gasteiger partial charge in [-0.15, -0.1) is 0 Å². The topological polar surface area (TPSA) is 82.2 Å². The first-order chi connectivity index (χ1) is 14.8. The Bertz CT molecular complexity index is 1200. The van der Waals surface area contributed by atoms with Gasteiger partial charge in [0.25, 0.3) is 0 Å². The average molecular weight is 449 g/mol. The summed E-state index contributed by atoms with van der Waals surface area (Å²) >= 11 is 5.78. The van der Waals surface area contributed by atoms with Gasteiger partial charge in [0.15, 0.2) is 17.2 Å². The number of aromatic nitrogens is 3. The van der Waals surface area contributed by atoms with E-state index in [1.165, 1.54) is 30.5 Å². The molecule has 1 N–H and O–H groups in total. The van der Waals surface area contributed by atoms with Crippen molar-refractivity contribution in [1.82, 2.24) is 14.8 Å². The van der Waals surface area contributed by atoms with Crippen LogP contribution in [0.25, 0.3) is 17.0 Å². The predicted molar refractivity (Wildman–Crippen MR) is 105 cm³/mol. The predicted octanol–water partition coefficient (Wildman–Crippen LogP) is 5.81. The summed E-state index contributed by atoms with van der Waals surface area (Å²) in [5, 5.41) is 6.20. The lowest BCUT2D eigenvalue weighted by atomic mass is 10.2. The number of benzene rings is 2. The van der Waals surface area contributed by atoms with Crippen molar-refractivity contribution in [2.75, 3.05) is 5.32 Å². The molecule has 0 spiro atoms. The molecule has 2 heterocycles. The largest absolute Gasteiger partial charge is 0.437 e. The minimum atomic E-state index is -4.85. The lowest BCUT2D eigenvalue weighted by molar-refractivity contribution is -0.143. The van der Waals surface area contributed by atoms with Crippen LogP contribution in [0.15, 0.2) is 71.4 Å². The van der Waals surface area contributed by atoms with E-state index in [9.17, 15) is 18.0 Å². The van der Waals surface area contributed by atoms with Gasteiger partial charge in [0, 0.05) is 10.6 Å². The summed E-state index contributed by atoms with van der Waals surface area (Å²) in [6.07, 6.45) is -3.91. The summed E-state index contributed by atoms with van der Waals surface area (Å²) in [5.41, 5.74) is -0.463. The SMILES string of the molecule is O=C(Nc1ncc(-c2ccccc2)o1)Oc1cnn(-c2ccc(Cl)cc2)c1C(F)(F)F. The van der Waals surface area contributed by atoms with Gasteiger partial charge in [0.05, 0.1) is 18.1 Å². The summed E-state index contributed by atoms with van der Waals surface area (Å²) in [7, 11) is 0. The minimum absolute atomic E-state index is 0.0900. The molecule has 0 aliphatic carbocycles. The number of halogens is 4. The highest BCUT2D eigenvalue weighted by Crippen LogP contribution is 2.38. The summed E-state index contributed by atoms with van der Waals surface area (Å²) in [6, 6.07) is 14.2. The van der Waals surface area contributed by atoms with Gasteiger partial charge in [-0.05, 0) is 24.3 Å². The maximum atomic E-state index is 13.6. The minimum Gasteiger partial charge on any atom is -0.423 e. The van der Waals surface area contributed by atoms with Crippen LogP contribution < -0.4 is 10.1 Å². The first-order valence-electron chi connectivity index (χ1n) is 8.72. The second-order valence-corrected chi connectivity index (χ2v) is 6.59. The highest BCUT2D eigenvalue weighted by atomic mass is 35.5. The molecule has 31 heavy (non-hydrogen) atoms. The number of nitrogens with one attached hydrogen (secondary N) is 1. The van der Waals surface area contributed by atoms with Crippen molar-refractivity contribution in [3.05, 3.63) is 77.7 Å². The van der Waals surface area contributed by atoms with Crippen LogP contribution in [-0.4, -0.2) is 20.9 Å². The number of carbonyl (C=O) groups excluding carboxylic acids is 1. The molecule has 0 saturated carbocycles. The molecule has 0 atom stereocenters. The summed E-state index contributed by atoms with van der Waals surface area (Å²) in [4.78, 5) is 16.0. The lowest BCUT2D eigenvalue weighted by Crippen LogP contribution is -2.20. The van der Waals surface area contributed by atoms with Crippen LogP contribution in [0.4, 0.5) is 24.0 Å². The van der Waals surface area contributed by atoms with Gasteiger partial charge in [0.2, 0.25) is 0 Å². The third kappa shape index (κ3) is 4.53. The van der Waals surface area contributed by atoms with Crippen LogP contribution in [0.1, 0.15) is 5.69 Å². The molecule has 2 aromatic heterocycles. The second-order valence-electron chi connectivity index (χ2n) is 6.15. The van der Waals surface area contributed by atoms with Crippen LogP contribution in [0.2, 0.25) is 5.02 Å². The normalized spacial score (nSPS) is 11.4. The second kappa shape index (κ2) is 8.15. The van der Waals surface area contributed by atoms with Crippen molar-refractivity contribution in [2.45, 2.75) is 6.18 Å². The number of nitrogens with zero attached hydrogens (tertiary/aromatic N) is 3. The molecule has 1 amide bonds. The van der Waals surface area contributed by atoms with Crippen molar-refractivity contribution in [1.29, 1.82) is 0 Å². The smallest absolute Gasteiger partial charge is 0.423 e. The molecule has 4 rings (SSSR count). The van der Waals surface area contributed by atoms with E-state index in [4.69, 9.17) is 20.8 Å². The van der Waals surface area contributed by atoms with Crippen LogP contribution >= 0.6 is 11.6 Å². The molecule has 0 saturated heterocycles. The van der Waals surface area contributed by atoms with Crippen LogP contribution in [0.3, 0.4) is 0 Å². The lowest BCUT2D eigenvalue weighted by Gasteiger charge is -2.12. The molecule has 2 aromatic carbocycles. The number of hydrogen-bond acceptors (Lipinski definition) is 5. The fraction of sp³-hybridized carbons (Fsp3) is 0.0500. The van der Waals surface area contributed by atoms with Gasteiger partial charge < -0.3 is 9.15 Å². The molecule has 7 nitrogen and oxygen atoms in total. The standard InChI is InChI=1S/C20H12ClF3N4O3/c21-13-6-8-14(9-7-13)28-17(20(22,23)24)16(11-26-28)31-19(29)27-18-25-10-15(30-18)12-4-2-1-3-5-12/h1-11H,(H,25,27,29). The van der Waals surface area contributed by atoms with Gasteiger partial charge >= 0.3 is 18.3 Å². The molecule has 158 valence electrons. The number of amides is 1. The van der Waals surface area contributed by atoms with Crippen molar-refractivity contribution in [3.63, 3.8) is 0 Å². The van der Waals surface area contributed by atoms with Crippen molar-refractivity contribution >= 4 is 23.7 Å². The molecule has 0 aliphatic heterocycles. The molecular weight excluding hydrogens is 437 g/mol. The highest BCUT2D eigenvalue weighted by molar-refractivity contribution is 6.30. The summed E-state index contributed by atoms with van der Waals surface area (Å²) in [6.45, 7) is 0. The fourth-order valence-electron chi connectivity index (χ4n) is 2.73. The number of oxazole rings is 1. The molecular formula is C20H12ClF3N4O3. The Balaban J connectivity index is 1.55. The van der Waals surface area contributed by atoms with E-state index in [2.05, 4.69) is 15.4 Å². The number of ether oxygens (including phenoxy) is 1. The third-order valence-electron chi connectivity index (χ3n) is 4.05. The van der Waals surface area contributed by atoms with Crippen molar-refractivity contribution in [2.24, 2.45) is 0 Å². The molecule has 4 aromatic rings. The maximum Gasteiger partial charge on any atom is 0.437 e. The Morgan fingerprint density at radius 3 is 2.45 bits per heavy atom. The van der Waals surface area contributed by atoms with E-state index >= 15 is 0 Å². The monoisotopic (exact) mass is 448 g/mol. The average Bonchev–Trinajstić information content (AvgIpc) is 3.36. The van der Waals surface area contributed by atoms with E-state index in [0.29, 0.717) is 21.0 Å². The zero-order valence-corrected chi connectivity index (χ0v) is 16.2. The van der Waals surface area contributed by atoms with Gasteiger partial charge in [-0.2, -0.15) is 18.3 Å². The van der Waals surface area contributed by atoms with Gasteiger partial charge in [-0.25, -0.2) is 19.8 Å². The Hall–Kier alpha value is -3.79. The number of anilines is 1. The Labute approximate surface area is 178 Å².